The zero-order valence-corrected chi connectivity index (χ0v) is 11.7. The minimum atomic E-state index is -0.275. The molecule has 108 valence electrons. The Kier molecular flexibility index (Phi) is 6.62. The van der Waals surface area contributed by atoms with E-state index in [4.69, 9.17) is 9.47 Å². The number of hydrogen-bond acceptors (Lipinski definition) is 5. The molecule has 0 radical (unpaired) electrons. The molecule has 0 aliphatic heterocycles. The number of hydrogen-bond donors (Lipinski definition) is 3. The Morgan fingerprint density at radius 1 is 1.11 bits per heavy atom. The van der Waals surface area contributed by atoms with Gasteiger partial charge in [-0.3, -0.25) is 0 Å². The number of ether oxygens (including phenoxy) is 2. The number of phenols is 2. The van der Waals surface area contributed by atoms with Gasteiger partial charge in [0.15, 0.2) is 17.8 Å². The van der Waals surface area contributed by atoms with Crippen molar-refractivity contribution in [3.8, 4) is 11.5 Å². The van der Waals surface area contributed by atoms with Gasteiger partial charge >= 0.3 is 0 Å². The van der Waals surface area contributed by atoms with E-state index in [1.54, 1.807) is 12.1 Å². The third-order valence-electron chi connectivity index (χ3n) is 2.80. The summed E-state index contributed by atoms with van der Waals surface area (Å²) in [7, 11) is 0. The molecule has 0 bridgehead atoms. The highest BCUT2D eigenvalue weighted by Crippen LogP contribution is 2.27. The second kappa shape index (κ2) is 7.99. The van der Waals surface area contributed by atoms with Crippen LogP contribution in [-0.4, -0.2) is 36.3 Å². The molecule has 1 unspecified atom stereocenters. The Morgan fingerprint density at radius 3 is 2.26 bits per heavy atom. The van der Waals surface area contributed by atoms with Gasteiger partial charge in [0.25, 0.3) is 0 Å². The Bertz CT molecular complexity index is 378. The first kappa shape index (κ1) is 15.8. The fraction of sp³-hybridized carbons (Fsp3) is 0.571. The Balaban J connectivity index is 2.53. The van der Waals surface area contributed by atoms with Gasteiger partial charge < -0.3 is 25.0 Å². The van der Waals surface area contributed by atoms with E-state index in [1.165, 1.54) is 6.07 Å². The number of rotatable bonds is 8. The van der Waals surface area contributed by atoms with Gasteiger partial charge in [-0.2, -0.15) is 0 Å². The van der Waals surface area contributed by atoms with Gasteiger partial charge in [0.1, 0.15) is 0 Å². The number of aromatic hydroxyl groups is 2. The minimum Gasteiger partial charge on any atom is -0.504 e. The summed E-state index contributed by atoms with van der Waals surface area (Å²) in [6, 6.07) is 4.81. The van der Waals surface area contributed by atoms with Crippen molar-refractivity contribution in [2.24, 2.45) is 0 Å². The fourth-order valence-electron chi connectivity index (χ4n) is 1.74. The average Bonchev–Trinajstić information content (AvgIpc) is 2.39. The van der Waals surface area contributed by atoms with Crippen molar-refractivity contribution in [3.63, 3.8) is 0 Å². The topological polar surface area (TPSA) is 71.0 Å². The average molecular weight is 269 g/mol. The first-order valence-electron chi connectivity index (χ1n) is 6.56. The molecule has 5 heteroatoms. The van der Waals surface area contributed by atoms with E-state index in [9.17, 15) is 10.2 Å². The van der Waals surface area contributed by atoms with Crippen molar-refractivity contribution in [3.05, 3.63) is 23.8 Å². The third kappa shape index (κ3) is 5.06. The van der Waals surface area contributed by atoms with Crippen LogP contribution in [0.1, 0.15) is 32.4 Å². The van der Waals surface area contributed by atoms with Crippen molar-refractivity contribution < 1.29 is 19.7 Å². The molecule has 0 amide bonds. The summed E-state index contributed by atoms with van der Waals surface area (Å²) >= 11 is 0. The Hall–Kier alpha value is -1.30. The predicted octanol–water partition coefficient (Wildman–Crippen LogP) is 2.15. The second-order valence-corrected chi connectivity index (χ2v) is 4.22. The highest BCUT2D eigenvalue weighted by molar-refractivity contribution is 5.41. The minimum absolute atomic E-state index is 0.0231. The van der Waals surface area contributed by atoms with E-state index < -0.39 is 0 Å². The van der Waals surface area contributed by atoms with Crippen molar-refractivity contribution >= 4 is 0 Å². The van der Waals surface area contributed by atoms with E-state index in [2.05, 4.69) is 5.32 Å². The summed E-state index contributed by atoms with van der Waals surface area (Å²) in [6.07, 6.45) is -0.275. The van der Waals surface area contributed by atoms with Crippen molar-refractivity contribution in [1.29, 1.82) is 0 Å². The van der Waals surface area contributed by atoms with Crippen molar-refractivity contribution in [2.45, 2.75) is 33.1 Å². The predicted molar refractivity (Wildman–Crippen MR) is 73.2 cm³/mol. The summed E-state index contributed by atoms with van der Waals surface area (Å²) in [6.45, 7) is 7.58. The number of phenolic OH excluding ortho intramolecular Hbond substituents is 2. The molecule has 5 nitrogen and oxygen atoms in total. The van der Waals surface area contributed by atoms with E-state index in [0.29, 0.717) is 19.8 Å². The van der Waals surface area contributed by atoms with Gasteiger partial charge in [-0.05, 0) is 38.5 Å². The molecular weight excluding hydrogens is 246 g/mol. The zero-order valence-electron chi connectivity index (χ0n) is 11.7. The summed E-state index contributed by atoms with van der Waals surface area (Å²) in [5.41, 5.74) is 0.891. The van der Waals surface area contributed by atoms with E-state index in [1.807, 2.05) is 20.8 Å². The van der Waals surface area contributed by atoms with E-state index in [0.717, 1.165) is 5.56 Å². The lowest BCUT2D eigenvalue weighted by Gasteiger charge is -2.21. The molecule has 1 aromatic rings. The third-order valence-corrected chi connectivity index (χ3v) is 2.80. The van der Waals surface area contributed by atoms with Gasteiger partial charge in [-0.1, -0.05) is 6.07 Å². The van der Waals surface area contributed by atoms with Crippen LogP contribution in [0.2, 0.25) is 0 Å². The lowest BCUT2D eigenvalue weighted by molar-refractivity contribution is -0.133. The summed E-state index contributed by atoms with van der Waals surface area (Å²) in [4.78, 5) is 0. The van der Waals surface area contributed by atoms with Crippen LogP contribution in [0.5, 0.6) is 11.5 Å². The molecular formula is C14H23NO4. The van der Waals surface area contributed by atoms with E-state index in [-0.39, 0.29) is 23.8 Å². The molecule has 3 N–H and O–H groups in total. The molecule has 0 spiro atoms. The molecule has 1 rings (SSSR count). The van der Waals surface area contributed by atoms with Crippen LogP contribution >= 0.6 is 0 Å². The molecule has 0 aliphatic rings. The maximum atomic E-state index is 9.47. The maximum Gasteiger partial charge on any atom is 0.169 e. The van der Waals surface area contributed by atoms with Crippen LogP contribution < -0.4 is 5.32 Å². The number of benzene rings is 1. The van der Waals surface area contributed by atoms with Crippen LogP contribution in [0.15, 0.2) is 18.2 Å². The maximum absolute atomic E-state index is 9.47. The Labute approximate surface area is 114 Å². The molecule has 0 heterocycles. The normalized spacial score (nSPS) is 12.8. The lowest BCUT2D eigenvalue weighted by atomic mass is 10.1. The lowest BCUT2D eigenvalue weighted by Crippen LogP contribution is -2.33. The first-order chi connectivity index (χ1) is 9.08. The fourth-order valence-corrected chi connectivity index (χ4v) is 1.74. The van der Waals surface area contributed by atoms with Gasteiger partial charge in [0.05, 0.1) is 0 Å². The SMILES string of the molecule is CCOC(CNC(C)c1ccc(O)c(O)c1)OCC. The molecule has 0 aromatic heterocycles. The molecule has 0 saturated heterocycles. The largest absolute Gasteiger partial charge is 0.504 e. The van der Waals surface area contributed by atoms with Crippen LogP contribution in [0.3, 0.4) is 0 Å². The van der Waals surface area contributed by atoms with E-state index >= 15 is 0 Å². The van der Waals surface area contributed by atoms with Gasteiger partial charge in [-0.25, -0.2) is 0 Å². The van der Waals surface area contributed by atoms with Crippen LogP contribution in [0.25, 0.3) is 0 Å². The molecule has 19 heavy (non-hydrogen) atoms. The smallest absolute Gasteiger partial charge is 0.169 e. The standard InChI is InChI=1S/C14H23NO4/c1-4-18-14(19-5-2)9-15-10(3)11-6-7-12(16)13(17)8-11/h6-8,10,14-17H,4-5,9H2,1-3H3. The summed E-state index contributed by atoms with van der Waals surface area (Å²) < 4.78 is 10.9. The highest BCUT2D eigenvalue weighted by Gasteiger charge is 2.12. The molecule has 1 atom stereocenters. The number of nitrogens with one attached hydrogen (secondary N) is 1. The van der Waals surface area contributed by atoms with Gasteiger partial charge in [0, 0.05) is 25.8 Å². The second-order valence-electron chi connectivity index (χ2n) is 4.22. The molecule has 0 aliphatic carbocycles. The van der Waals surface area contributed by atoms with Crippen molar-refractivity contribution in [2.75, 3.05) is 19.8 Å². The Morgan fingerprint density at radius 2 is 1.74 bits per heavy atom. The summed E-state index contributed by atoms with van der Waals surface area (Å²) in [5, 5.41) is 22.0. The van der Waals surface area contributed by atoms with Crippen LogP contribution in [-0.2, 0) is 9.47 Å². The van der Waals surface area contributed by atoms with Gasteiger partial charge in [0.2, 0.25) is 0 Å². The monoisotopic (exact) mass is 269 g/mol. The quantitative estimate of drug-likeness (QED) is 0.498. The zero-order chi connectivity index (χ0) is 14.3. The van der Waals surface area contributed by atoms with Gasteiger partial charge in [-0.15, -0.1) is 0 Å². The molecule has 0 saturated carbocycles. The van der Waals surface area contributed by atoms with Crippen molar-refractivity contribution in [1.82, 2.24) is 5.32 Å². The van der Waals surface area contributed by atoms with Crippen LogP contribution in [0, 0.1) is 0 Å². The molecule has 1 aromatic carbocycles. The highest BCUT2D eigenvalue weighted by atomic mass is 16.7. The summed E-state index contributed by atoms with van der Waals surface area (Å²) in [5.74, 6) is -0.227. The van der Waals surface area contributed by atoms with Crippen LogP contribution in [0.4, 0.5) is 0 Å². The molecule has 0 fully saturated rings. The first-order valence-corrected chi connectivity index (χ1v) is 6.56.